The van der Waals surface area contributed by atoms with E-state index in [4.69, 9.17) is 10.2 Å². The van der Waals surface area contributed by atoms with Gasteiger partial charge in [-0.1, -0.05) is 12.1 Å². The number of hydrogen-bond acceptors (Lipinski definition) is 3. The fourth-order valence-corrected chi connectivity index (χ4v) is 2.13. The van der Waals surface area contributed by atoms with Gasteiger partial charge in [-0.15, -0.1) is 0 Å². The first-order chi connectivity index (χ1) is 7.66. The Labute approximate surface area is 94.1 Å². The van der Waals surface area contributed by atoms with Crippen LogP contribution in [0, 0.1) is 0 Å². The van der Waals surface area contributed by atoms with Crippen LogP contribution in [0.1, 0.15) is 18.4 Å². The van der Waals surface area contributed by atoms with Crippen molar-refractivity contribution in [2.45, 2.75) is 25.4 Å². The van der Waals surface area contributed by atoms with E-state index in [1.54, 1.807) is 12.1 Å². The number of aliphatic carboxylic acids is 1. The van der Waals surface area contributed by atoms with Crippen LogP contribution in [0.3, 0.4) is 0 Å². The van der Waals surface area contributed by atoms with Gasteiger partial charge in [-0.2, -0.15) is 0 Å². The van der Waals surface area contributed by atoms with Crippen LogP contribution in [0.25, 0.3) is 0 Å². The minimum absolute atomic E-state index is 0.236. The van der Waals surface area contributed by atoms with Crippen molar-refractivity contribution in [2.24, 2.45) is 0 Å². The smallest absolute Gasteiger partial charge is 0.320 e. The number of likely N-dealkylation sites (tertiary alicyclic amines) is 1. The Balaban J connectivity index is 2.03. The molecule has 1 aromatic carbocycles. The number of benzene rings is 1. The van der Waals surface area contributed by atoms with Crippen LogP contribution in [0.2, 0.25) is 0 Å². The Morgan fingerprint density at radius 1 is 1.38 bits per heavy atom. The highest BCUT2D eigenvalue weighted by molar-refractivity contribution is 5.73. The highest BCUT2D eigenvalue weighted by Crippen LogP contribution is 2.21. The SMILES string of the molecule is O=C(O)[C@H]1CCCN1Cc1ccc(O)cc1. The van der Waals surface area contributed by atoms with Crippen molar-refractivity contribution in [2.75, 3.05) is 6.54 Å². The lowest BCUT2D eigenvalue weighted by atomic mass is 10.2. The fraction of sp³-hybridized carbons (Fsp3) is 0.417. The second-order valence-electron chi connectivity index (χ2n) is 4.13. The van der Waals surface area contributed by atoms with E-state index in [-0.39, 0.29) is 11.8 Å². The molecule has 0 saturated carbocycles. The molecular weight excluding hydrogens is 206 g/mol. The lowest BCUT2D eigenvalue weighted by Gasteiger charge is -2.20. The van der Waals surface area contributed by atoms with Gasteiger partial charge in [-0.25, -0.2) is 0 Å². The number of carboxylic acids is 1. The lowest BCUT2D eigenvalue weighted by Crippen LogP contribution is -2.35. The van der Waals surface area contributed by atoms with E-state index in [9.17, 15) is 4.79 Å². The maximum atomic E-state index is 11.0. The molecule has 0 radical (unpaired) electrons. The summed E-state index contributed by atoms with van der Waals surface area (Å²) in [6.45, 7) is 1.47. The first kappa shape index (κ1) is 11.0. The van der Waals surface area contributed by atoms with Crippen LogP contribution < -0.4 is 0 Å². The van der Waals surface area contributed by atoms with Gasteiger partial charge in [-0.3, -0.25) is 9.69 Å². The number of rotatable bonds is 3. The molecule has 0 aromatic heterocycles. The Morgan fingerprint density at radius 3 is 2.69 bits per heavy atom. The number of phenols is 1. The van der Waals surface area contributed by atoms with Crippen molar-refractivity contribution in [3.05, 3.63) is 29.8 Å². The highest BCUT2D eigenvalue weighted by Gasteiger charge is 2.30. The Kier molecular flexibility index (Phi) is 3.10. The summed E-state index contributed by atoms with van der Waals surface area (Å²) in [6.07, 6.45) is 1.67. The Hall–Kier alpha value is -1.55. The van der Waals surface area contributed by atoms with Crippen LogP contribution in [-0.2, 0) is 11.3 Å². The standard InChI is InChI=1S/C12H15NO3/c14-10-5-3-9(4-6-10)8-13-7-1-2-11(13)12(15)16/h3-6,11,14H,1-2,7-8H2,(H,15,16)/t11-/m1/s1. The van der Waals surface area contributed by atoms with E-state index in [0.717, 1.165) is 24.9 Å². The Bertz CT molecular complexity index is 374. The van der Waals surface area contributed by atoms with Gasteiger partial charge in [0.2, 0.25) is 0 Å². The molecule has 1 aliphatic rings. The van der Waals surface area contributed by atoms with Crippen LogP contribution >= 0.6 is 0 Å². The largest absolute Gasteiger partial charge is 0.508 e. The molecule has 16 heavy (non-hydrogen) atoms. The van der Waals surface area contributed by atoms with Gasteiger partial charge in [0.05, 0.1) is 0 Å². The fourth-order valence-electron chi connectivity index (χ4n) is 2.13. The molecular formula is C12H15NO3. The quantitative estimate of drug-likeness (QED) is 0.810. The van der Waals surface area contributed by atoms with Crippen LogP contribution in [-0.4, -0.2) is 33.7 Å². The van der Waals surface area contributed by atoms with Gasteiger partial charge in [0.15, 0.2) is 0 Å². The maximum absolute atomic E-state index is 11.0. The molecule has 0 amide bonds. The highest BCUT2D eigenvalue weighted by atomic mass is 16.4. The van der Waals surface area contributed by atoms with Crippen molar-refractivity contribution in [1.29, 1.82) is 0 Å². The molecule has 4 heteroatoms. The third-order valence-electron chi connectivity index (χ3n) is 2.97. The van der Waals surface area contributed by atoms with Gasteiger partial charge >= 0.3 is 5.97 Å². The molecule has 1 fully saturated rings. The molecule has 2 rings (SSSR count). The number of aromatic hydroxyl groups is 1. The predicted molar refractivity (Wildman–Crippen MR) is 59.2 cm³/mol. The summed E-state index contributed by atoms with van der Waals surface area (Å²) < 4.78 is 0. The molecule has 0 aliphatic carbocycles. The van der Waals surface area contributed by atoms with Gasteiger partial charge in [0.25, 0.3) is 0 Å². The predicted octanol–water partition coefficient (Wildman–Crippen LogP) is 1.44. The number of carbonyl (C=O) groups is 1. The molecule has 2 N–H and O–H groups in total. The molecule has 1 heterocycles. The van der Waals surface area contributed by atoms with E-state index in [1.165, 1.54) is 0 Å². The van der Waals surface area contributed by atoms with Crippen LogP contribution in [0.4, 0.5) is 0 Å². The zero-order valence-electron chi connectivity index (χ0n) is 8.97. The van der Waals surface area contributed by atoms with Crippen molar-refractivity contribution in [3.8, 4) is 5.75 Å². The van der Waals surface area contributed by atoms with Crippen molar-refractivity contribution < 1.29 is 15.0 Å². The zero-order valence-corrected chi connectivity index (χ0v) is 8.97. The number of phenolic OH excluding ortho intramolecular Hbond substituents is 1. The second kappa shape index (κ2) is 4.53. The van der Waals surface area contributed by atoms with Crippen molar-refractivity contribution >= 4 is 5.97 Å². The molecule has 1 aliphatic heterocycles. The average Bonchev–Trinajstić information content (AvgIpc) is 2.69. The van der Waals surface area contributed by atoms with E-state index in [0.29, 0.717) is 6.54 Å². The molecule has 86 valence electrons. The van der Waals surface area contributed by atoms with E-state index in [2.05, 4.69) is 0 Å². The van der Waals surface area contributed by atoms with E-state index >= 15 is 0 Å². The van der Waals surface area contributed by atoms with E-state index in [1.807, 2.05) is 17.0 Å². The van der Waals surface area contributed by atoms with Gasteiger partial charge < -0.3 is 10.2 Å². The third-order valence-corrected chi connectivity index (χ3v) is 2.97. The zero-order chi connectivity index (χ0) is 11.5. The van der Waals surface area contributed by atoms with Gasteiger partial charge in [0, 0.05) is 6.54 Å². The van der Waals surface area contributed by atoms with E-state index < -0.39 is 5.97 Å². The molecule has 1 saturated heterocycles. The topological polar surface area (TPSA) is 60.8 Å². The number of hydrogen-bond donors (Lipinski definition) is 2. The first-order valence-electron chi connectivity index (χ1n) is 5.41. The summed E-state index contributed by atoms with van der Waals surface area (Å²) in [6, 6.07) is 6.55. The summed E-state index contributed by atoms with van der Waals surface area (Å²) in [5.74, 6) is -0.503. The van der Waals surface area contributed by atoms with Crippen LogP contribution in [0.15, 0.2) is 24.3 Å². The maximum Gasteiger partial charge on any atom is 0.320 e. The Morgan fingerprint density at radius 2 is 2.06 bits per heavy atom. The minimum Gasteiger partial charge on any atom is -0.508 e. The number of nitrogens with zero attached hydrogens (tertiary/aromatic N) is 1. The monoisotopic (exact) mass is 221 g/mol. The molecule has 0 spiro atoms. The summed E-state index contributed by atoms with van der Waals surface area (Å²) in [5, 5.41) is 18.2. The molecule has 0 unspecified atom stereocenters. The van der Waals surface area contributed by atoms with Gasteiger partial charge in [-0.05, 0) is 37.1 Å². The molecule has 1 atom stereocenters. The van der Waals surface area contributed by atoms with Gasteiger partial charge in [0.1, 0.15) is 11.8 Å². The lowest BCUT2D eigenvalue weighted by molar-refractivity contribution is -0.142. The molecule has 1 aromatic rings. The summed E-state index contributed by atoms with van der Waals surface area (Å²) >= 11 is 0. The summed E-state index contributed by atoms with van der Waals surface area (Å²) in [5.41, 5.74) is 1.03. The van der Waals surface area contributed by atoms with Crippen molar-refractivity contribution in [1.82, 2.24) is 4.90 Å². The average molecular weight is 221 g/mol. The minimum atomic E-state index is -0.740. The molecule has 0 bridgehead atoms. The van der Waals surface area contributed by atoms with Crippen molar-refractivity contribution in [3.63, 3.8) is 0 Å². The van der Waals surface area contributed by atoms with Crippen LogP contribution in [0.5, 0.6) is 5.75 Å². The molecule has 4 nitrogen and oxygen atoms in total. The third kappa shape index (κ3) is 2.33. The second-order valence-corrected chi connectivity index (χ2v) is 4.13. The summed E-state index contributed by atoms with van der Waals surface area (Å²) in [7, 11) is 0. The first-order valence-corrected chi connectivity index (χ1v) is 5.41. The summed E-state index contributed by atoms with van der Waals surface area (Å²) in [4.78, 5) is 12.9. The number of carboxylic acid groups (broad SMARTS) is 1. The normalized spacial score (nSPS) is 21.1.